The molecule has 236 valence electrons. The highest BCUT2D eigenvalue weighted by atomic mass is 16.3. The number of hydrogen-bond donors (Lipinski definition) is 0. The monoisotopic (exact) mass is 651 g/mol. The van der Waals surface area contributed by atoms with Crippen molar-refractivity contribution >= 4 is 98.1 Å². The van der Waals surface area contributed by atoms with Gasteiger partial charge in [-0.25, -0.2) is 4.98 Å². The number of benzene rings is 8. The predicted octanol–water partition coefficient (Wildman–Crippen LogP) is 12.5. The molecule has 12 rings (SSSR count). The van der Waals surface area contributed by atoms with Crippen LogP contribution in [0.25, 0.3) is 115 Å². The maximum Gasteiger partial charge on any atom is 0.238 e. The highest BCUT2D eigenvalue weighted by Crippen LogP contribution is 2.45. The van der Waals surface area contributed by atoms with Gasteiger partial charge in [-0.2, -0.15) is 4.98 Å². The third-order valence-corrected chi connectivity index (χ3v) is 10.6. The summed E-state index contributed by atoms with van der Waals surface area (Å²) in [4.78, 5) is 10.8. The van der Waals surface area contributed by atoms with Gasteiger partial charge in [0.2, 0.25) is 11.7 Å². The molecule has 0 saturated carbocycles. The van der Waals surface area contributed by atoms with Crippen LogP contribution in [0.5, 0.6) is 0 Å². The summed E-state index contributed by atoms with van der Waals surface area (Å²) in [6, 6.07) is 53.1. The van der Waals surface area contributed by atoms with Gasteiger partial charge in [-0.15, -0.1) is 0 Å². The standard InChI is InChI=1S/C46H25N3O2/c1-4-14-29-26(11-1)21-23-35-40(29)41-30-15-5-2-12-27(30)22-24-36(41)49(35)46-47-43(42-33-18-8-10-20-38(33)51-45(42)48-46)34-25-28-13-3-6-16-31(28)39-32-17-7-9-19-37(32)50-44(34)39/h1-25H. The molecular formula is C46H25N3O2. The molecule has 0 aliphatic rings. The van der Waals surface area contributed by atoms with Crippen molar-refractivity contribution < 1.29 is 8.83 Å². The summed E-state index contributed by atoms with van der Waals surface area (Å²) in [5, 5.41) is 13.4. The van der Waals surface area contributed by atoms with E-state index in [-0.39, 0.29) is 0 Å². The van der Waals surface area contributed by atoms with Gasteiger partial charge in [0, 0.05) is 32.5 Å². The van der Waals surface area contributed by atoms with Crippen molar-refractivity contribution in [3.05, 3.63) is 152 Å². The Morgan fingerprint density at radius 1 is 0.412 bits per heavy atom. The van der Waals surface area contributed by atoms with Crippen LogP contribution in [0.4, 0.5) is 0 Å². The molecule has 5 nitrogen and oxygen atoms in total. The van der Waals surface area contributed by atoms with Crippen molar-refractivity contribution in [3.63, 3.8) is 0 Å². The molecule has 0 aliphatic heterocycles. The second-order valence-electron chi connectivity index (χ2n) is 13.3. The highest BCUT2D eigenvalue weighted by molar-refractivity contribution is 6.29. The second kappa shape index (κ2) is 9.80. The van der Waals surface area contributed by atoms with E-state index < -0.39 is 0 Å². The van der Waals surface area contributed by atoms with Crippen molar-refractivity contribution in [2.24, 2.45) is 0 Å². The molecule has 0 radical (unpaired) electrons. The van der Waals surface area contributed by atoms with Gasteiger partial charge >= 0.3 is 0 Å². The Morgan fingerprint density at radius 3 is 1.57 bits per heavy atom. The van der Waals surface area contributed by atoms with E-state index in [1.807, 2.05) is 30.3 Å². The number of furan rings is 2. The van der Waals surface area contributed by atoms with Crippen LogP contribution in [0.2, 0.25) is 0 Å². The van der Waals surface area contributed by atoms with Gasteiger partial charge in [-0.3, -0.25) is 4.57 Å². The van der Waals surface area contributed by atoms with E-state index in [4.69, 9.17) is 18.8 Å². The molecule has 4 heterocycles. The van der Waals surface area contributed by atoms with Gasteiger partial charge in [0.1, 0.15) is 16.7 Å². The molecule has 0 spiro atoms. The number of aromatic nitrogens is 3. The zero-order valence-electron chi connectivity index (χ0n) is 27.1. The summed E-state index contributed by atoms with van der Waals surface area (Å²) in [6.07, 6.45) is 0. The van der Waals surface area contributed by atoms with E-state index in [1.165, 1.54) is 32.3 Å². The molecule has 0 N–H and O–H groups in total. The van der Waals surface area contributed by atoms with E-state index in [2.05, 4.69) is 126 Å². The fourth-order valence-corrected chi connectivity index (χ4v) is 8.42. The predicted molar refractivity (Wildman–Crippen MR) is 209 cm³/mol. The van der Waals surface area contributed by atoms with Crippen molar-refractivity contribution in [2.75, 3.05) is 0 Å². The van der Waals surface area contributed by atoms with Gasteiger partial charge in [0.05, 0.1) is 22.1 Å². The minimum atomic E-state index is 0.533. The first-order chi connectivity index (χ1) is 25.3. The normalized spacial score (nSPS) is 12.3. The smallest absolute Gasteiger partial charge is 0.238 e. The summed E-state index contributed by atoms with van der Waals surface area (Å²) in [7, 11) is 0. The van der Waals surface area contributed by atoms with E-state index in [0.29, 0.717) is 11.7 Å². The van der Waals surface area contributed by atoms with Gasteiger partial charge in [0.25, 0.3) is 0 Å². The van der Waals surface area contributed by atoms with Crippen molar-refractivity contribution in [3.8, 4) is 17.2 Å². The Bertz CT molecular complexity index is 3340. The lowest BCUT2D eigenvalue weighted by Gasteiger charge is -2.11. The summed E-state index contributed by atoms with van der Waals surface area (Å²) in [6.45, 7) is 0. The number of para-hydroxylation sites is 2. The highest BCUT2D eigenvalue weighted by Gasteiger charge is 2.25. The van der Waals surface area contributed by atoms with Crippen LogP contribution in [0, 0.1) is 0 Å². The summed E-state index contributed by atoms with van der Waals surface area (Å²) in [5.41, 5.74) is 6.68. The largest absolute Gasteiger partial charge is 0.455 e. The molecule has 0 bridgehead atoms. The Hall–Kier alpha value is -6.98. The third-order valence-electron chi connectivity index (χ3n) is 10.6. The Morgan fingerprint density at radius 2 is 0.922 bits per heavy atom. The molecule has 51 heavy (non-hydrogen) atoms. The molecule has 0 atom stereocenters. The fourth-order valence-electron chi connectivity index (χ4n) is 8.42. The molecule has 12 aromatic rings. The molecule has 0 amide bonds. The SMILES string of the molecule is c1ccc2c(c1)cc(-c1nc(-n3c4ccc5ccccc5c4c4c5ccccc5ccc43)nc3oc4ccccc4c13)c1oc3ccccc3c12. The van der Waals surface area contributed by atoms with Crippen LogP contribution < -0.4 is 0 Å². The Labute approximate surface area is 289 Å². The molecule has 0 unspecified atom stereocenters. The van der Waals surface area contributed by atoms with E-state index in [0.717, 1.165) is 71.4 Å². The number of rotatable bonds is 2. The zero-order valence-corrected chi connectivity index (χ0v) is 27.1. The molecule has 5 heteroatoms. The molecular weight excluding hydrogens is 627 g/mol. The van der Waals surface area contributed by atoms with Crippen LogP contribution in [0.15, 0.2) is 160 Å². The molecule has 4 aromatic heterocycles. The van der Waals surface area contributed by atoms with Gasteiger partial charge < -0.3 is 8.83 Å². The lowest BCUT2D eigenvalue weighted by Crippen LogP contribution is -2.03. The third kappa shape index (κ3) is 3.59. The van der Waals surface area contributed by atoms with Gasteiger partial charge in [-0.05, 0) is 62.6 Å². The van der Waals surface area contributed by atoms with Crippen molar-refractivity contribution in [1.29, 1.82) is 0 Å². The first-order valence-corrected chi connectivity index (χ1v) is 17.2. The molecule has 0 aliphatic carbocycles. The minimum Gasteiger partial charge on any atom is -0.455 e. The summed E-state index contributed by atoms with van der Waals surface area (Å²) >= 11 is 0. The Balaban J connectivity index is 1.28. The number of fused-ring (bicyclic) bond motifs is 15. The van der Waals surface area contributed by atoms with Crippen LogP contribution in [0.3, 0.4) is 0 Å². The average Bonchev–Trinajstić information content (AvgIpc) is 3.87. The molecule has 0 saturated heterocycles. The quantitative estimate of drug-likeness (QED) is 0.187. The first kappa shape index (κ1) is 26.9. The maximum absolute atomic E-state index is 6.75. The van der Waals surface area contributed by atoms with E-state index >= 15 is 0 Å². The van der Waals surface area contributed by atoms with Crippen molar-refractivity contribution in [1.82, 2.24) is 14.5 Å². The maximum atomic E-state index is 6.75. The number of hydrogen-bond acceptors (Lipinski definition) is 4. The first-order valence-electron chi connectivity index (χ1n) is 17.2. The van der Waals surface area contributed by atoms with Crippen molar-refractivity contribution in [2.45, 2.75) is 0 Å². The average molecular weight is 652 g/mol. The summed E-state index contributed by atoms with van der Waals surface area (Å²) < 4.78 is 15.5. The van der Waals surface area contributed by atoms with E-state index in [1.54, 1.807) is 0 Å². The minimum absolute atomic E-state index is 0.533. The van der Waals surface area contributed by atoms with Crippen LogP contribution in [-0.2, 0) is 0 Å². The van der Waals surface area contributed by atoms with Crippen LogP contribution in [-0.4, -0.2) is 14.5 Å². The summed E-state index contributed by atoms with van der Waals surface area (Å²) in [5.74, 6) is 0.541. The van der Waals surface area contributed by atoms with Gasteiger partial charge in [-0.1, -0.05) is 121 Å². The van der Waals surface area contributed by atoms with Crippen LogP contribution in [0.1, 0.15) is 0 Å². The molecule has 8 aromatic carbocycles. The number of nitrogens with zero attached hydrogens (tertiary/aromatic N) is 3. The fraction of sp³-hybridized carbons (Fsp3) is 0. The topological polar surface area (TPSA) is 57.0 Å². The molecule has 0 fully saturated rings. The van der Waals surface area contributed by atoms with E-state index in [9.17, 15) is 0 Å². The zero-order chi connectivity index (χ0) is 33.2. The lowest BCUT2D eigenvalue weighted by atomic mass is 9.97. The van der Waals surface area contributed by atoms with Crippen LogP contribution >= 0.6 is 0 Å². The van der Waals surface area contributed by atoms with Gasteiger partial charge in [0.15, 0.2) is 0 Å². The lowest BCUT2D eigenvalue weighted by molar-refractivity contribution is 0.651. The second-order valence-corrected chi connectivity index (χ2v) is 13.3. The Kier molecular flexibility index (Phi) is 5.17.